The molecule has 1 aromatic carbocycles. The Morgan fingerprint density at radius 1 is 1.04 bits per heavy atom. The molecule has 1 aromatic heterocycles. The van der Waals surface area contributed by atoms with Crippen molar-refractivity contribution in [2.24, 2.45) is 0 Å². The number of rotatable bonds is 7. The number of ether oxygens (including phenoxy) is 1. The molecule has 23 heavy (non-hydrogen) atoms. The van der Waals surface area contributed by atoms with Crippen LogP contribution in [0, 0.1) is 0 Å². The van der Waals surface area contributed by atoms with Crippen LogP contribution >= 0.6 is 0 Å². The van der Waals surface area contributed by atoms with E-state index in [0.717, 1.165) is 17.2 Å². The molecular formula is C17H27NO3SiSn. The molecule has 0 aliphatic rings. The Morgan fingerprint density at radius 2 is 1.70 bits per heavy atom. The van der Waals surface area contributed by atoms with E-state index in [9.17, 15) is 0 Å². The summed E-state index contributed by atoms with van der Waals surface area (Å²) in [6.07, 6.45) is 0. The van der Waals surface area contributed by atoms with Crippen LogP contribution in [0.1, 0.15) is 11.5 Å². The molecular weight excluding hydrogens is 413 g/mol. The zero-order valence-electron chi connectivity index (χ0n) is 15.0. The van der Waals surface area contributed by atoms with Gasteiger partial charge in [0, 0.05) is 0 Å². The van der Waals surface area contributed by atoms with Gasteiger partial charge in [-0.1, -0.05) is 0 Å². The summed E-state index contributed by atoms with van der Waals surface area (Å²) in [5, 5.41) is 4.29. The van der Waals surface area contributed by atoms with Crippen molar-refractivity contribution in [2.45, 2.75) is 47.7 Å². The molecule has 0 amide bonds. The predicted molar refractivity (Wildman–Crippen MR) is 98.4 cm³/mol. The van der Waals surface area contributed by atoms with Crippen LogP contribution in [0.4, 0.5) is 0 Å². The maximum absolute atomic E-state index is 6.04. The monoisotopic (exact) mass is 441 g/mol. The number of aromatic nitrogens is 1. The first kappa shape index (κ1) is 18.5. The molecule has 0 unspecified atom stereocenters. The molecule has 0 atom stereocenters. The van der Waals surface area contributed by atoms with Gasteiger partial charge >= 0.3 is 144 Å². The van der Waals surface area contributed by atoms with Crippen molar-refractivity contribution in [3.05, 3.63) is 41.8 Å². The summed E-state index contributed by atoms with van der Waals surface area (Å²) in [5.74, 6) is 1.71. The molecule has 0 saturated carbocycles. The first-order valence-corrected chi connectivity index (χ1v) is 21.4. The fraction of sp³-hybridized carbons (Fsp3) is 0.471. The van der Waals surface area contributed by atoms with Crippen molar-refractivity contribution >= 4 is 30.3 Å². The first-order chi connectivity index (χ1) is 10.7. The second-order valence-corrected chi connectivity index (χ2v) is 26.5. The molecule has 1 heterocycles. The van der Waals surface area contributed by atoms with Gasteiger partial charge in [0.1, 0.15) is 0 Å². The van der Waals surface area contributed by atoms with E-state index in [2.05, 4.69) is 39.6 Å². The van der Waals surface area contributed by atoms with Gasteiger partial charge in [-0.25, -0.2) is 0 Å². The molecule has 0 N–H and O–H groups in total. The Bertz CT molecular complexity index is 630. The molecule has 0 saturated heterocycles. The van der Waals surface area contributed by atoms with Crippen LogP contribution in [-0.4, -0.2) is 31.9 Å². The van der Waals surface area contributed by atoms with E-state index in [1.54, 1.807) is 0 Å². The fourth-order valence-electron chi connectivity index (χ4n) is 2.36. The van der Waals surface area contributed by atoms with Crippen molar-refractivity contribution < 1.29 is 13.7 Å². The summed E-state index contributed by atoms with van der Waals surface area (Å²) < 4.78 is 18.8. The van der Waals surface area contributed by atoms with Crippen LogP contribution in [0.2, 0.25) is 34.5 Å². The second kappa shape index (κ2) is 7.40. The van der Waals surface area contributed by atoms with Crippen molar-refractivity contribution in [3.63, 3.8) is 0 Å². The van der Waals surface area contributed by atoms with E-state index in [0.29, 0.717) is 13.2 Å². The van der Waals surface area contributed by atoms with Gasteiger partial charge in [-0.2, -0.15) is 0 Å². The second-order valence-electron chi connectivity index (χ2n) is 7.68. The molecule has 6 heteroatoms. The zero-order valence-corrected chi connectivity index (χ0v) is 18.8. The summed E-state index contributed by atoms with van der Waals surface area (Å²) >= 11 is -2.39. The summed E-state index contributed by atoms with van der Waals surface area (Å²) in [5.41, 5.74) is 0.974. The summed E-state index contributed by atoms with van der Waals surface area (Å²) in [7, 11) is -1.57. The molecule has 0 bridgehead atoms. The van der Waals surface area contributed by atoms with Gasteiger partial charge in [-0.15, -0.1) is 0 Å². The van der Waals surface area contributed by atoms with Crippen LogP contribution in [0.15, 0.2) is 34.9 Å². The number of benzene rings is 1. The van der Waals surface area contributed by atoms with E-state index in [-0.39, 0.29) is 0 Å². The molecule has 0 aliphatic carbocycles. The van der Waals surface area contributed by atoms with E-state index in [1.165, 1.54) is 3.58 Å². The number of para-hydroxylation sites is 1. The third-order valence-corrected chi connectivity index (χ3v) is 10.2. The Labute approximate surface area is 144 Å². The van der Waals surface area contributed by atoms with Crippen molar-refractivity contribution in [1.82, 2.24) is 5.16 Å². The van der Waals surface area contributed by atoms with Gasteiger partial charge in [0.25, 0.3) is 0 Å². The summed E-state index contributed by atoms with van der Waals surface area (Å²) in [6.45, 7) is 7.53. The quantitative estimate of drug-likeness (QED) is 0.607. The molecule has 4 nitrogen and oxygen atoms in total. The Hall–Kier alpha value is -0.794. The standard InChI is InChI=1S/C14H18NO3Si.3CH3.Sn/c1-19(2,3)17-10-12-9-14(18-15-12)11-16-13-7-5-4-6-8-13;;;;/h4-8H,10-11H2,1-3H3;3*1H3;. The summed E-state index contributed by atoms with van der Waals surface area (Å²) in [4.78, 5) is 7.10. The van der Waals surface area contributed by atoms with Gasteiger partial charge < -0.3 is 0 Å². The zero-order chi connectivity index (χ0) is 17.1. The summed E-state index contributed by atoms with van der Waals surface area (Å²) in [6, 6.07) is 9.81. The van der Waals surface area contributed by atoms with Crippen LogP contribution in [0.3, 0.4) is 0 Å². The molecule has 0 fully saturated rings. The minimum atomic E-state index is -2.39. The Kier molecular flexibility index (Phi) is 5.97. The van der Waals surface area contributed by atoms with Gasteiger partial charge in [-0.3, -0.25) is 0 Å². The third kappa shape index (κ3) is 5.65. The fourth-order valence-corrected chi connectivity index (χ4v) is 8.46. The molecule has 0 radical (unpaired) electrons. The van der Waals surface area contributed by atoms with Crippen LogP contribution in [0.25, 0.3) is 0 Å². The van der Waals surface area contributed by atoms with E-state index >= 15 is 0 Å². The van der Waals surface area contributed by atoms with Gasteiger partial charge in [-0.05, 0) is 0 Å². The third-order valence-electron chi connectivity index (χ3n) is 3.34. The van der Waals surface area contributed by atoms with Crippen LogP contribution < -0.4 is 8.32 Å². The predicted octanol–water partition coefficient (Wildman–Crippen LogP) is 4.15. The molecule has 2 aromatic rings. The topological polar surface area (TPSA) is 44.5 Å². The average molecular weight is 440 g/mol. The van der Waals surface area contributed by atoms with Crippen molar-refractivity contribution in [2.75, 3.05) is 0 Å². The number of nitrogens with zero attached hydrogens (tertiary/aromatic N) is 1. The average Bonchev–Trinajstić information content (AvgIpc) is 2.86. The number of hydrogen-bond donors (Lipinski definition) is 0. The van der Waals surface area contributed by atoms with Crippen molar-refractivity contribution in [3.8, 4) is 5.75 Å². The van der Waals surface area contributed by atoms with E-state index in [4.69, 9.17) is 13.7 Å². The van der Waals surface area contributed by atoms with Gasteiger partial charge in [0.05, 0.1) is 0 Å². The number of hydrogen-bond acceptors (Lipinski definition) is 4. The first-order valence-electron chi connectivity index (χ1n) is 7.96. The van der Waals surface area contributed by atoms with Gasteiger partial charge in [0.15, 0.2) is 0 Å². The van der Waals surface area contributed by atoms with Crippen LogP contribution in [-0.2, 0) is 17.6 Å². The molecule has 2 rings (SSSR count). The normalized spacial score (nSPS) is 12.4. The SMILES string of the molecule is C[Si](C)(C)OCc1noc(COc2ccccc2)[c]1[Sn]([CH3])([CH3])[CH3]. The minimum absolute atomic E-state index is 0.424. The van der Waals surface area contributed by atoms with Crippen LogP contribution in [0.5, 0.6) is 5.75 Å². The Morgan fingerprint density at radius 3 is 2.26 bits per heavy atom. The van der Waals surface area contributed by atoms with E-state index < -0.39 is 26.7 Å². The molecule has 126 valence electrons. The van der Waals surface area contributed by atoms with Crippen molar-refractivity contribution in [1.29, 1.82) is 0 Å². The molecule has 0 spiro atoms. The maximum atomic E-state index is 6.04. The molecule has 0 aliphatic heterocycles. The van der Waals surface area contributed by atoms with E-state index in [1.807, 2.05) is 30.3 Å². The van der Waals surface area contributed by atoms with Gasteiger partial charge in [0.2, 0.25) is 0 Å². The Balaban J connectivity index is 2.17.